The lowest BCUT2D eigenvalue weighted by molar-refractivity contribution is -0.138. The van der Waals surface area contributed by atoms with Gasteiger partial charge in [0, 0.05) is 17.8 Å². The number of hydrogen-bond donors (Lipinski definition) is 3. The van der Waals surface area contributed by atoms with Gasteiger partial charge in [-0.1, -0.05) is 43.3 Å². The molecule has 0 radical (unpaired) electrons. The van der Waals surface area contributed by atoms with Gasteiger partial charge in [0.25, 0.3) is 0 Å². The van der Waals surface area contributed by atoms with Crippen LogP contribution >= 0.6 is 0 Å². The zero-order valence-electron chi connectivity index (χ0n) is 24.4. The monoisotopic (exact) mass is 581 g/mol. The molecule has 222 valence electrons. The largest absolute Gasteiger partial charge is 0.394 e. The minimum Gasteiger partial charge on any atom is -0.394 e. The molecule has 2 aromatic rings. The molecule has 6 atom stereocenters. The number of rotatable bonds is 9. The van der Waals surface area contributed by atoms with Crippen LogP contribution in [0.2, 0.25) is 18.6 Å². The molecule has 0 bridgehead atoms. The number of nitrogens with one attached hydrogen (secondary N) is 2. The Morgan fingerprint density at radius 2 is 1.85 bits per heavy atom. The Bertz CT molecular complexity index is 1210. The number of aliphatic hydroxyl groups excluding tert-OH is 1. The molecule has 3 N–H and O–H groups in total. The molecule has 0 unspecified atom stereocenters. The summed E-state index contributed by atoms with van der Waals surface area (Å²) in [4.78, 5) is 27.7. The maximum atomic E-state index is 15.7. The fourth-order valence-corrected chi connectivity index (χ4v) is 9.65. The first-order valence-corrected chi connectivity index (χ1v) is 18.0. The summed E-state index contributed by atoms with van der Waals surface area (Å²) >= 11 is 0. The van der Waals surface area contributed by atoms with Crippen LogP contribution in [-0.2, 0) is 33.7 Å². The smallest absolute Gasteiger partial charge is 0.246 e. The molecule has 7 nitrogen and oxygen atoms in total. The number of benzene rings is 2. The van der Waals surface area contributed by atoms with Crippen LogP contribution in [0.4, 0.5) is 9.80 Å². The standard InChI is InChI=1S/C32H44FN3O4Si/c1-21-28(15-12-22-10-13-25(14-11-22)35-32(39)27-9-6-16-34-27)40-29(31(21)41(2,3)33)18-30(38)36-19-24-8-5-4-7-23(24)17-26(36)20-37/h4-5,7-8,10-11,13-14,21,26-29,31,34,37H,6,9,12,15-20H2,1-3H3,(H,35,39)/t21-,26+,27-,28+,29-,31+/m1/s1. The second-order valence-corrected chi connectivity index (χ2v) is 16.4. The van der Waals surface area contributed by atoms with Crippen molar-refractivity contribution in [3.8, 4) is 0 Å². The van der Waals surface area contributed by atoms with Gasteiger partial charge in [-0.15, -0.1) is 0 Å². The molecule has 2 fully saturated rings. The van der Waals surface area contributed by atoms with E-state index in [4.69, 9.17) is 4.74 Å². The summed E-state index contributed by atoms with van der Waals surface area (Å²) in [6.07, 6.45) is 3.54. The van der Waals surface area contributed by atoms with Gasteiger partial charge in [-0.05, 0) is 86.5 Å². The van der Waals surface area contributed by atoms with Gasteiger partial charge in [-0.3, -0.25) is 9.59 Å². The van der Waals surface area contributed by atoms with E-state index in [2.05, 4.69) is 23.6 Å². The maximum absolute atomic E-state index is 15.7. The summed E-state index contributed by atoms with van der Waals surface area (Å²) in [5, 5.41) is 16.3. The van der Waals surface area contributed by atoms with Gasteiger partial charge >= 0.3 is 0 Å². The Hall–Kier alpha value is -2.59. The van der Waals surface area contributed by atoms with E-state index in [1.165, 1.54) is 0 Å². The Labute approximate surface area is 244 Å². The summed E-state index contributed by atoms with van der Waals surface area (Å²) in [7, 11) is -3.12. The van der Waals surface area contributed by atoms with Crippen LogP contribution in [0.25, 0.3) is 0 Å². The van der Waals surface area contributed by atoms with E-state index in [9.17, 15) is 14.7 Å². The number of aryl methyl sites for hydroxylation is 1. The van der Waals surface area contributed by atoms with Gasteiger partial charge in [0.15, 0.2) is 0 Å². The van der Waals surface area contributed by atoms with Gasteiger partial charge < -0.3 is 29.5 Å². The summed E-state index contributed by atoms with van der Waals surface area (Å²) < 4.78 is 22.2. The van der Waals surface area contributed by atoms with Crippen LogP contribution in [0.15, 0.2) is 48.5 Å². The topological polar surface area (TPSA) is 90.9 Å². The molecule has 2 aromatic carbocycles. The molecule has 41 heavy (non-hydrogen) atoms. The number of aliphatic hydroxyl groups is 1. The van der Waals surface area contributed by atoms with Crippen LogP contribution in [-0.4, -0.2) is 67.7 Å². The number of carbonyl (C=O) groups excluding carboxylic acids is 2. The van der Waals surface area contributed by atoms with Gasteiger partial charge in [0.1, 0.15) is 0 Å². The van der Waals surface area contributed by atoms with Gasteiger partial charge in [0.05, 0.1) is 37.3 Å². The third kappa shape index (κ3) is 6.91. The number of carbonyl (C=O) groups is 2. The normalized spacial score (nSPS) is 28.0. The number of amides is 2. The van der Waals surface area contributed by atoms with Crippen LogP contribution < -0.4 is 10.6 Å². The highest BCUT2D eigenvalue weighted by atomic mass is 28.4. The Balaban J connectivity index is 1.20. The molecule has 3 aliphatic rings. The average molecular weight is 582 g/mol. The maximum Gasteiger partial charge on any atom is 0.246 e. The van der Waals surface area contributed by atoms with Gasteiger partial charge in [-0.25, -0.2) is 0 Å². The van der Waals surface area contributed by atoms with Crippen molar-refractivity contribution in [2.75, 3.05) is 18.5 Å². The van der Waals surface area contributed by atoms with Crippen LogP contribution in [0, 0.1) is 5.92 Å². The highest BCUT2D eigenvalue weighted by Gasteiger charge is 2.52. The van der Waals surface area contributed by atoms with E-state index < -0.39 is 14.5 Å². The molecule has 2 saturated heterocycles. The number of anilines is 1. The van der Waals surface area contributed by atoms with E-state index >= 15 is 4.11 Å². The first-order chi connectivity index (χ1) is 19.6. The Morgan fingerprint density at radius 1 is 1.12 bits per heavy atom. The molecule has 0 saturated carbocycles. The minimum atomic E-state index is -3.12. The third-order valence-electron chi connectivity index (χ3n) is 9.27. The van der Waals surface area contributed by atoms with Crippen molar-refractivity contribution in [1.29, 1.82) is 0 Å². The van der Waals surface area contributed by atoms with Crippen molar-refractivity contribution in [1.82, 2.24) is 10.2 Å². The van der Waals surface area contributed by atoms with E-state index in [0.717, 1.165) is 54.6 Å². The average Bonchev–Trinajstić information content (AvgIpc) is 3.60. The Kier molecular flexibility index (Phi) is 9.28. The molecule has 0 spiro atoms. The molecular formula is C32H44FN3O4Si. The predicted octanol–water partition coefficient (Wildman–Crippen LogP) is 4.59. The predicted molar refractivity (Wildman–Crippen MR) is 161 cm³/mol. The molecule has 3 aliphatic heterocycles. The highest BCUT2D eigenvalue weighted by Crippen LogP contribution is 2.47. The number of nitrogens with zero attached hydrogens (tertiary/aromatic N) is 1. The van der Waals surface area contributed by atoms with Gasteiger partial charge in [0.2, 0.25) is 20.2 Å². The summed E-state index contributed by atoms with van der Waals surface area (Å²) in [5.74, 6) is -0.0649. The van der Waals surface area contributed by atoms with E-state index in [1.54, 1.807) is 18.0 Å². The second-order valence-electron chi connectivity index (χ2n) is 12.6. The van der Waals surface area contributed by atoms with Crippen molar-refractivity contribution in [3.63, 3.8) is 0 Å². The fourth-order valence-electron chi connectivity index (χ4n) is 7.11. The summed E-state index contributed by atoms with van der Waals surface area (Å²) in [6, 6.07) is 15.5. The van der Waals surface area contributed by atoms with Crippen molar-refractivity contribution in [3.05, 3.63) is 65.2 Å². The van der Waals surface area contributed by atoms with E-state index in [0.29, 0.717) is 13.0 Å². The van der Waals surface area contributed by atoms with Crippen LogP contribution in [0.5, 0.6) is 0 Å². The highest BCUT2D eigenvalue weighted by molar-refractivity contribution is 6.72. The third-order valence-corrected chi connectivity index (χ3v) is 11.8. The molecular weight excluding hydrogens is 537 g/mol. The first-order valence-electron chi connectivity index (χ1n) is 15.1. The van der Waals surface area contributed by atoms with Crippen molar-refractivity contribution < 1.29 is 23.5 Å². The fraction of sp³-hybridized carbons (Fsp3) is 0.562. The summed E-state index contributed by atoms with van der Waals surface area (Å²) in [5.41, 5.74) is 3.90. The summed E-state index contributed by atoms with van der Waals surface area (Å²) in [6.45, 7) is 6.75. The molecule has 3 heterocycles. The molecule has 2 amide bonds. The molecule has 5 rings (SSSR count). The van der Waals surface area contributed by atoms with Crippen molar-refractivity contribution in [2.24, 2.45) is 5.92 Å². The first kappa shape index (κ1) is 29.9. The van der Waals surface area contributed by atoms with E-state index in [1.807, 2.05) is 42.5 Å². The molecule has 9 heteroatoms. The van der Waals surface area contributed by atoms with Crippen LogP contribution in [0.1, 0.15) is 49.3 Å². The van der Waals surface area contributed by atoms with Crippen LogP contribution in [0.3, 0.4) is 0 Å². The number of ether oxygens (including phenoxy) is 1. The number of fused-ring (bicyclic) bond motifs is 1. The lowest BCUT2D eigenvalue weighted by Gasteiger charge is -2.37. The quantitative estimate of drug-likeness (QED) is 0.298. The molecule has 0 aromatic heterocycles. The zero-order valence-corrected chi connectivity index (χ0v) is 25.4. The SMILES string of the molecule is C[C@H]1[C@H]([Si](C)(C)F)[C@@H](CC(=O)N2Cc3ccccc3C[C@H]2CO)O[C@H]1CCc1ccc(NC(=O)[C@H]2CCCN2)cc1. The zero-order chi connectivity index (χ0) is 29.1. The second kappa shape index (κ2) is 12.7. The van der Waals surface area contributed by atoms with Gasteiger partial charge in [-0.2, -0.15) is 0 Å². The number of halogens is 1. The lowest BCUT2D eigenvalue weighted by Crippen LogP contribution is -2.48. The Morgan fingerprint density at radius 3 is 2.51 bits per heavy atom. The minimum absolute atomic E-state index is 0.00661. The number of hydrogen-bond acceptors (Lipinski definition) is 5. The lowest BCUT2D eigenvalue weighted by atomic mass is 9.93. The van der Waals surface area contributed by atoms with Crippen molar-refractivity contribution in [2.45, 2.75) is 94.9 Å². The van der Waals surface area contributed by atoms with Crippen molar-refractivity contribution >= 4 is 25.9 Å². The molecule has 0 aliphatic carbocycles. The van der Waals surface area contributed by atoms with E-state index in [-0.39, 0.29) is 54.5 Å².